The first-order chi connectivity index (χ1) is 4.22. The van der Waals surface area contributed by atoms with E-state index in [-0.39, 0.29) is 11.7 Å². The molecule has 0 aromatic carbocycles. The van der Waals surface area contributed by atoms with Crippen molar-refractivity contribution in [3.8, 4) is 0 Å². The smallest absolute Gasteiger partial charge is 0.245 e. The van der Waals surface area contributed by atoms with Crippen molar-refractivity contribution in [3.63, 3.8) is 0 Å². The zero-order valence-electron chi connectivity index (χ0n) is 4.88. The van der Waals surface area contributed by atoms with E-state index < -0.39 is 10.8 Å². The maximum Gasteiger partial charge on any atom is 0.245 e. The summed E-state index contributed by atoms with van der Waals surface area (Å²) in [5, 5.41) is 3.66. The van der Waals surface area contributed by atoms with E-state index in [9.17, 15) is 9.00 Å². The highest BCUT2D eigenvalue weighted by Crippen LogP contribution is 1.93. The molecule has 0 amide bonds. The lowest BCUT2D eigenvalue weighted by atomic mass is 10.7. The van der Waals surface area contributed by atoms with Crippen molar-refractivity contribution in [2.24, 2.45) is 5.10 Å². The van der Waals surface area contributed by atoms with Gasteiger partial charge in [0.1, 0.15) is 22.4 Å². The first kappa shape index (κ1) is 6.41. The molecule has 0 fully saturated rings. The Bertz CT molecular complexity index is 199. The van der Waals surface area contributed by atoms with E-state index in [4.69, 9.17) is 0 Å². The third kappa shape index (κ3) is 1.16. The molecular weight excluding hydrogens is 140 g/mol. The average Bonchev–Trinajstić information content (AvgIpc) is 1.83. The van der Waals surface area contributed by atoms with Gasteiger partial charge in [-0.15, -0.1) is 0 Å². The second kappa shape index (κ2) is 2.26. The van der Waals surface area contributed by atoms with Crippen LogP contribution in [-0.4, -0.2) is 20.9 Å². The first-order valence-electron chi connectivity index (χ1n) is 2.43. The topological polar surface area (TPSA) is 58.5 Å². The summed E-state index contributed by atoms with van der Waals surface area (Å²) >= 11 is 0. The molecule has 0 aliphatic carbocycles. The average molecular weight is 146 g/mol. The van der Waals surface area contributed by atoms with Crippen LogP contribution < -0.4 is 5.43 Å². The summed E-state index contributed by atoms with van der Waals surface area (Å²) in [5.41, 5.74) is 2.46. The number of hydrogen-bond acceptors (Lipinski definition) is 4. The van der Waals surface area contributed by atoms with Gasteiger partial charge in [0.25, 0.3) is 0 Å². The lowest BCUT2D eigenvalue weighted by Gasteiger charge is -2.06. The fourth-order valence-electron chi connectivity index (χ4n) is 0.487. The monoisotopic (exact) mass is 146 g/mol. The minimum absolute atomic E-state index is 0.0873. The van der Waals surface area contributed by atoms with E-state index in [1.54, 1.807) is 6.92 Å². The molecule has 1 rings (SSSR count). The number of nitrogens with one attached hydrogen (secondary N) is 1. The Morgan fingerprint density at radius 2 is 2.44 bits per heavy atom. The Kier molecular flexibility index (Phi) is 1.61. The quantitative estimate of drug-likeness (QED) is 0.486. The van der Waals surface area contributed by atoms with E-state index in [2.05, 4.69) is 10.5 Å². The van der Waals surface area contributed by atoms with E-state index in [1.165, 1.54) is 0 Å². The molecule has 1 unspecified atom stereocenters. The third-order valence-corrected chi connectivity index (χ3v) is 2.12. The molecule has 0 radical (unpaired) electrons. The summed E-state index contributed by atoms with van der Waals surface area (Å²) in [6.45, 7) is 1.64. The Morgan fingerprint density at radius 1 is 1.78 bits per heavy atom. The third-order valence-electron chi connectivity index (χ3n) is 0.935. The van der Waals surface area contributed by atoms with Crippen molar-refractivity contribution >= 4 is 21.0 Å². The molecule has 1 N–H and O–H groups in total. The largest absolute Gasteiger partial charge is 0.301 e. The molecule has 0 bridgehead atoms. The molecule has 4 nitrogen and oxygen atoms in total. The van der Waals surface area contributed by atoms with Crippen LogP contribution in [0.1, 0.15) is 6.92 Å². The van der Waals surface area contributed by atoms with Crippen molar-refractivity contribution in [2.45, 2.75) is 6.92 Å². The summed E-state index contributed by atoms with van der Waals surface area (Å²) in [7, 11) is -1.48. The molecule has 1 atom stereocenters. The highest BCUT2D eigenvalue weighted by Gasteiger charge is 2.17. The predicted molar refractivity (Wildman–Crippen MR) is 34.3 cm³/mol. The Labute approximate surface area is 54.8 Å². The van der Waals surface area contributed by atoms with Crippen molar-refractivity contribution in [1.82, 2.24) is 5.43 Å². The summed E-state index contributed by atoms with van der Waals surface area (Å²) in [4.78, 5) is 10.6. The number of carbonyl (C=O) groups excluding carboxylic acids is 1. The molecule has 9 heavy (non-hydrogen) atoms. The zero-order chi connectivity index (χ0) is 6.85. The molecule has 0 saturated heterocycles. The van der Waals surface area contributed by atoms with Crippen LogP contribution in [-0.2, 0) is 15.6 Å². The molecular formula is C4H6N2O2S. The number of carbonyl (C=O) groups is 1. The Hall–Kier alpha value is -0.710. The minimum atomic E-state index is -1.48. The van der Waals surface area contributed by atoms with Gasteiger partial charge in [0.15, 0.2) is 0 Å². The molecule has 0 saturated carbocycles. The van der Waals surface area contributed by atoms with Crippen molar-refractivity contribution in [1.29, 1.82) is 0 Å². The maximum absolute atomic E-state index is 10.7. The Balaban J connectivity index is 2.86. The van der Waals surface area contributed by atoms with E-state index >= 15 is 0 Å². The van der Waals surface area contributed by atoms with Crippen LogP contribution in [0.4, 0.5) is 0 Å². The van der Waals surface area contributed by atoms with Gasteiger partial charge in [-0.25, -0.2) is 4.21 Å². The maximum atomic E-state index is 10.7. The van der Waals surface area contributed by atoms with Crippen LogP contribution in [0, 0.1) is 0 Å². The van der Waals surface area contributed by atoms with Gasteiger partial charge in [0, 0.05) is 0 Å². The molecule has 0 spiro atoms. The highest BCUT2D eigenvalue weighted by atomic mass is 32.2. The summed E-state index contributed by atoms with van der Waals surface area (Å²) in [6.07, 6.45) is 0. The second-order valence-corrected chi connectivity index (χ2v) is 3.19. The van der Waals surface area contributed by atoms with Crippen LogP contribution in [0.3, 0.4) is 0 Å². The molecule has 0 aromatic heterocycles. The molecule has 5 heteroatoms. The van der Waals surface area contributed by atoms with Crippen LogP contribution >= 0.6 is 0 Å². The van der Waals surface area contributed by atoms with E-state index in [0.29, 0.717) is 5.04 Å². The van der Waals surface area contributed by atoms with Crippen molar-refractivity contribution in [2.75, 3.05) is 6.54 Å². The number of hydrogen-bond donors (Lipinski definition) is 1. The number of rotatable bonds is 0. The molecule has 0 aromatic rings. The lowest BCUT2D eigenvalue weighted by Crippen LogP contribution is -2.31. The number of nitrogens with zero attached hydrogens (tertiary/aromatic N) is 1. The number of hydrazone groups is 1. The van der Waals surface area contributed by atoms with Crippen molar-refractivity contribution in [3.05, 3.63) is 0 Å². The van der Waals surface area contributed by atoms with Gasteiger partial charge in [0.2, 0.25) is 5.12 Å². The van der Waals surface area contributed by atoms with Gasteiger partial charge in [-0.2, -0.15) is 5.10 Å². The molecule has 1 heterocycles. The lowest BCUT2D eigenvalue weighted by molar-refractivity contribution is -0.110. The van der Waals surface area contributed by atoms with Gasteiger partial charge in [-0.05, 0) is 6.92 Å². The summed E-state index contributed by atoms with van der Waals surface area (Å²) < 4.78 is 10.7. The van der Waals surface area contributed by atoms with Gasteiger partial charge >= 0.3 is 0 Å². The van der Waals surface area contributed by atoms with Gasteiger partial charge in [-0.3, -0.25) is 4.79 Å². The second-order valence-electron chi connectivity index (χ2n) is 1.61. The van der Waals surface area contributed by atoms with E-state index in [1.807, 2.05) is 0 Å². The fourth-order valence-corrected chi connectivity index (χ4v) is 1.16. The standard InChI is InChI=1S/C4H6N2O2S/c1-3-6-5-2-4(7)9(3)8/h5H,2H2,1H3. The Morgan fingerprint density at radius 3 is 2.89 bits per heavy atom. The molecule has 1 aliphatic heterocycles. The fraction of sp³-hybridized carbons (Fsp3) is 0.500. The van der Waals surface area contributed by atoms with Crippen LogP contribution in [0.5, 0.6) is 0 Å². The SMILES string of the molecule is CC1=NNCC(=O)S1=O. The van der Waals surface area contributed by atoms with Gasteiger partial charge in [0.05, 0.1) is 0 Å². The first-order valence-corrected chi connectivity index (χ1v) is 3.58. The molecule has 1 aliphatic rings. The normalized spacial score (nSPS) is 27.0. The van der Waals surface area contributed by atoms with Gasteiger partial charge in [-0.1, -0.05) is 0 Å². The highest BCUT2D eigenvalue weighted by molar-refractivity contribution is 8.13. The minimum Gasteiger partial charge on any atom is -0.301 e. The summed E-state index contributed by atoms with van der Waals surface area (Å²) in [6, 6.07) is 0. The van der Waals surface area contributed by atoms with Crippen LogP contribution in [0.2, 0.25) is 0 Å². The predicted octanol–water partition coefficient (Wildman–Crippen LogP) is -0.802. The van der Waals surface area contributed by atoms with Gasteiger partial charge < -0.3 is 5.43 Å². The van der Waals surface area contributed by atoms with E-state index in [0.717, 1.165) is 0 Å². The van der Waals surface area contributed by atoms with Crippen LogP contribution in [0.15, 0.2) is 5.10 Å². The summed E-state index contributed by atoms with van der Waals surface area (Å²) in [5.74, 6) is 0. The molecule has 50 valence electrons. The van der Waals surface area contributed by atoms with Crippen LogP contribution in [0.25, 0.3) is 0 Å². The van der Waals surface area contributed by atoms with Crippen molar-refractivity contribution < 1.29 is 9.00 Å². The zero-order valence-corrected chi connectivity index (χ0v) is 5.70.